The maximum absolute atomic E-state index is 11.4. The third-order valence-electron chi connectivity index (χ3n) is 1.55. The molecule has 0 aromatic heterocycles. The molecule has 0 aliphatic carbocycles. The molecule has 0 saturated carbocycles. The van der Waals surface area contributed by atoms with Crippen LogP contribution in [0.5, 0.6) is 5.75 Å². The summed E-state index contributed by atoms with van der Waals surface area (Å²) in [6.45, 7) is 3.56. The minimum atomic E-state index is -3.50. The Morgan fingerprint density at radius 2 is 1.86 bits per heavy atom. The highest BCUT2D eigenvalue weighted by Gasteiger charge is 2.11. The van der Waals surface area contributed by atoms with E-state index in [4.69, 9.17) is 0 Å². The summed E-state index contributed by atoms with van der Waals surface area (Å²) in [5.74, 6) is -0.215. The molecule has 1 aromatic rings. The number of hydrogen-bond donors (Lipinski definition) is 1. The van der Waals surface area contributed by atoms with Crippen molar-refractivity contribution in [2.45, 2.75) is 4.90 Å². The topological polar surface area (TPSA) is 66.1 Å². The van der Waals surface area contributed by atoms with Crippen LogP contribution in [-0.2, 0) is 15.1 Å². The Bertz CT molecular complexity index is 408. The molecule has 0 bridgehead atoms. The molecule has 14 heavy (non-hydrogen) atoms. The van der Waals surface area contributed by atoms with Crippen LogP contribution in [0.4, 0.5) is 0 Å². The fraction of sp³-hybridized carbons (Fsp3) is 0.111. The van der Waals surface area contributed by atoms with E-state index in [0.29, 0.717) is 0 Å². The third-order valence-corrected chi connectivity index (χ3v) is 2.99. The smallest absolute Gasteiger partial charge is 0.240 e. The summed E-state index contributed by atoms with van der Waals surface area (Å²) in [7, 11) is -3.50. The van der Waals surface area contributed by atoms with Gasteiger partial charge in [0.05, 0.1) is 4.90 Å². The second kappa shape index (κ2) is 4.26. The lowest BCUT2D eigenvalue weighted by molar-refractivity contribution is 0.354. The maximum Gasteiger partial charge on any atom is 0.240 e. The van der Waals surface area contributed by atoms with E-state index in [1.54, 1.807) is 0 Å². The Balaban J connectivity index is 2.93. The first-order chi connectivity index (χ1) is 6.56. The van der Waals surface area contributed by atoms with Gasteiger partial charge in [0.1, 0.15) is 0 Å². The Hall–Kier alpha value is -1.33. The predicted octanol–water partition coefficient (Wildman–Crippen LogP) is 1.29. The van der Waals surface area contributed by atoms with Crippen LogP contribution in [0.1, 0.15) is 0 Å². The second-order valence-electron chi connectivity index (χ2n) is 2.61. The first-order valence-electron chi connectivity index (χ1n) is 3.94. The van der Waals surface area contributed by atoms with Gasteiger partial charge < -0.3 is 0 Å². The van der Waals surface area contributed by atoms with Crippen molar-refractivity contribution in [3.05, 3.63) is 36.9 Å². The van der Waals surface area contributed by atoms with Crippen molar-refractivity contribution < 1.29 is 13.5 Å². The SMILES string of the molecule is C=CCNS(=O)(=O)c1ccc([O])cc1. The molecule has 0 amide bonds. The molecule has 0 fully saturated rings. The maximum atomic E-state index is 11.4. The average Bonchev–Trinajstić information content (AvgIpc) is 2.16. The lowest BCUT2D eigenvalue weighted by Crippen LogP contribution is -2.23. The molecule has 0 aliphatic rings. The van der Waals surface area contributed by atoms with E-state index < -0.39 is 10.0 Å². The van der Waals surface area contributed by atoms with Crippen LogP contribution in [-0.4, -0.2) is 15.0 Å². The van der Waals surface area contributed by atoms with Crippen molar-refractivity contribution in [1.29, 1.82) is 0 Å². The minimum Gasteiger partial charge on any atom is -0.290 e. The van der Waals surface area contributed by atoms with Gasteiger partial charge in [-0.1, -0.05) is 6.08 Å². The van der Waals surface area contributed by atoms with Crippen LogP contribution in [0.2, 0.25) is 0 Å². The summed E-state index contributed by atoms with van der Waals surface area (Å²) in [4.78, 5) is 0.0824. The molecule has 1 aromatic carbocycles. The van der Waals surface area contributed by atoms with E-state index >= 15 is 0 Å². The van der Waals surface area contributed by atoms with Crippen molar-refractivity contribution in [3.63, 3.8) is 0 Å². The summed E-state index contributed by atoms with van der Waals surface area (Å²) in [6, 6.07) is 4.96. The van der Waals surface area contributed by atoms with Gasteiger partial charge in [-0.2, -0.15) is 0 Å². The normalized spacial score (nSPS) is 11.1. The molecule has 0 unspecified atom stereocenters. The van der Waals surface area contributed by atoms with Gasteiger partial charge >= 0.3 is 0 Å². The molecule has 4 nitrogen and oxygen atoms in total. The van der Waals surface area contributed by atoms with Gasteiger partial charge in [0.2, 0.25) is 10.0 Å². The Labute approximate surface area is 82.9 Å². The summed E-state index contributed by atoms with van der Waals surface area (Å²) in [5, 5.41) is 10.7. The average molecular weight is 212 g/mol. The zero-order valence-corrected chi connectivity index (χ0v) is 8.25. The van der Waals surface area contributed by atoms with Crippen LogP contribution in [0.25, 0.3) is 0 Å². The fourth-order valence-corrected chi connectivity index (χ4v) is 1.87. The van der Waals surface area contributed by atoms with Gasteiger partial charge in [-0.25, -0.2) is 13.1 Å². The summed E-state index contributed by atoms with van der Waals surface area (Å²) >= 11 is 0. The lowest BCUT2D eigenvalue weighted by atomic mass is 10.3. The van der Waals surface area contributed by atoms with E-state index in [0.717, 1.165) is 0 Å². The molecule has 1 radical (unpaired) electrons. The van der Waals surface area contributed by atoms with E-state index in [2.05, 4.69) is 11.3 Å². The molecule has 1 N–H and O–H groups in total. The number of nitrogens with one attached hydrogen (secondary N) is 1. The number of sulfonamides is 1. The molecule has 0 heterocycles. The summed E-state index contributed by atoms with van der Waals surface area (Å²) in [5.41, 5.74) is 0. The molecule has 0 saturated heterocycles. The highest BCUT2D eigenvalue weighted by Crippen LogP contribution is 2.14. The molecule has 0 spiro atoms. The number of rotatable bonds is 4. The molecule has 0 atom stereocenters. The van der Waals surface area contributed by atoms with Gasteiger partial charge in [0.15, 0.2) is 5.75 Å². The van der Waals surface area contributed by atoms with E-state index in [1.165, 1.54) is 30.3 Å². The summed E-state index contributed by atoms with van der Waals surface area (Å²) < 4.78 is 25.2. The largest absolute Gasteiger partial charge is 0.290 e. The van der Waals surface area contributed by atoms with Gasteiger partial charge in [-0.15, -0.1) is 6.58 Å². The van der Waals surface area contributed by atoms with E-state index in [1.807, 2.05) is 0 Å². The van der Waals surface area contributed by atoms with E-state index in [9.17, 15) is 13.5 Å². The predicted molar refractivity (Wildman–Crippen MR) is 52.0 cm³/mol. The Kier molecular flexibility index (Phi) is 3.27. The van der Waals surface area contributed by atoms with E-state index in [-0.39, 0.29) is 17.2 Å². The Morgan fingerprint density at radius 1 is 1.29 bits per heavy atom. The summed E-state index contributed by atoms with van der Waals surface area (Å²) in [6.07, 6.45) is 1.44. The van der Waals surface area contributed by atoms with Gasteiger partial charge in [-0.3, -0.25) is 5.11 Å². The van der Waals surface area contributed by atoms with Crippen LogP contribution in [0.3, 0.4) is 0 Å². The highest BCUT2D eigenvalue weighted by molar-refractivity contribution is 7.89. The first kappa shape index (κ1) is 10.7. The van der Waals surface area contributed by atoms with Crippen molar-refractivity contribution in [2.75, 3.05) is 6.54 Å². The molecular weight excluding hydrogens is 202 g/mol. The fourth-order valence-electron chi connectivity index (χ4n) is 0.871. The quantitative estimate of drug-likeness (QED) is 0.764. The number of hydrogen-bond acceptors (Lipinski definition) is 2. The standard InChI is InChI=1S/C9H10NO3S/c1-2-7-10-14(12,13)9-5-3-8(11)4-6-9/h2-6,10H,1,7H2. The zero-order chi connectivity index (χ0) is 10.6. The third kappa shape index (κ3) is 2.58. The van der Waals surface area contributed by atoms with Crippen LogP contribution >= 0.6 is 0 Å². The van der Waals surface area contributed by atoms with Crippen molar-refractivity contribution in [1.82, 2.24) is 4.72 Å². The molecular formula is C9H10NO3S. The van der Waals surface area contributed by atoms with Crippen molar-refractivity contribution >= 4 is 10.0 Å². The van der Waals surface area contributed by atoms with Crippen LogP contribution in [0.15, 0.2) is 41.8 Å². The molecule has 1 rings (SSSR count). The van der Waals surface area contributed by atoms with Crippen LogP contribution < -0.4 is 4.72 Å². The number of benzene rings is 1. The first-order valence-corrected chi connectivity index (χ1v) is 5.42. The van der Waals surface area contributed by atoms with Gasteiger partial charge in [0.25, 0.3) is 0 Å². The zero-order valence-electron chi connectivity index (χ0n) is 7.43. The van der Waals surface area contributed by atoms with Crippen molar-refractivity contribution in [2.24, 2.45) is 0 Å². The lowest BCUT2D eigenvalue weighted by Gasteiger charge is -2.03. The van der Waals surface area contributed by atoms with Crippen molar-refractivity contribution in [3.8, 4) is 5.75 Å². The minimum absolute atomic E-state index is 0.0824. The molecule has 5 heteroatoms. The molecule has 75 valence electrons. The monoisotopic (exact) mass is 212 g/mol. The molecule has 0 aliphatic heterocycles. The Morgan fingerprint density at radius 3 is 2.36 bits per heavy atom. The van der Waals surface area contributed by atoms with Gasteiger partial charge in [0, 0.05) is 6.54 Å². The van der Waals surface area contributed by atoms with Crippen LogP contribution in [0, 0.1) is 0 Å². The highest BCUT2D eigenvalue weighted by atomic mass is 32.2. The van der Waals surface area contributed by atoms with Gasteiger partial charge in [-0.05, 0) is 24.3 Å². The second-order valence-corrected chi connectivity index (χ2v) is 4.38.